The quantitative estimate of drug-likeness (QED) is 0.428. The van der Waals surface area contributed by atoms with E-state index in [1.165, 1.54) is 4.80 Å². The van der Waals surface area contributed by atoms with Crippen LogP contribution in [0.15, 0.2) is 66.7 Å². The predicted molar refractivity (Wildman–Crippen MR) is 111 cm³/mol. The van der Waals surface area contributed by atoms with Crippen LogP contribution in [0.1, 0.15) is 10.4 Å². The minimum atomic E-state index is -0.156. The molecule has 4 aromatic rings. The van der Waals surface area contributed by atoms with Gasteiger partial charge in [-0.1, -0.05) is 29.8 Å². The third kappa shape index (κ3) is 3.42. The zero-order valence-electron chi connectivity index (χ0n) is 13.4. The van der Waals surface area contributed by atoms with Crippen molar-refractivity contribution in [1.29, 1.82) is 0 Å². The van der Waals surface area contributed by atoms with Gasteiger partial charge < -0.3 is 5.32 Å². The minimum absolute atomic E-state index is 0.156. The number of fused-ring (bicyclic) bond motifs is 1. The van der Waals surface area contributed by atoms with Crippen LogP contribution < -0.4 is 5.32 Å². The van der Waals surface area contributed by atoms with Crippen molar-refractivity contribution >= 4 is 56.8 Å². The number of amides is 1. The second kappa shape index (κ2) is 7.05. The molecule has 0 radical (unpaired) electrons. The maximum Gasteiger partial charge on any atom is 0.256 e. The molecule has 0 aliphatic carbocycles. The molecule has 0 saturated heterocycles. The maximum absolute atomic E-state index is 12.5. The minimum Gasteiger partial charge on any atom is -0.322 e. The Hall–Kier alpha value is -2.45. The summed E-state index contributed by atoms with van der Waals surface area (Å²) in [5.41, 5.74) is 3.50. The van der Waals surface area contributed by atoms with E-state index in [9.17, 15) is 4.79 Å². The lowest BCUT2D eigenvalue weighted by molar-refractivity contribution is 0.102. The lowest BCUT2D eigenvalue weighted by Crippen LogP contribution is -2.13. The highest BCUT2D eigenvalue weighted by Crippen LogP contribution is 2.20. The fraction of sp³-hybridized carbons (Fsp3) is 0. The Morgan fingerprint density at radius 3 is 2.58 bits per heavy atom. The highest BCUT2D eigenvalue weighted by atomic mass is 127. The predicted octanol–water partition coefficient (Wildman–Crippen LogP) is 4.93. The number of halogens is 2. The zero-order chi connectivity index (χ0) is 18.1. The summed E-state index contributed by atoms with van der Waals surface area (Å²) in [6.45, 7) is 0. The lowest BCUT2D eigenvalue weighted by atomic mass is 10.2. The first-order valence-electron chi connectivity index (χ1n) is 7.79. The van der Waals surface area contributed by atoms with E-state index in [2.05, 4.69) is 38.1 Å². The first-order valence-corrected chi connectivity index (χ1v) is 9.25. The molecule has 3 aromatic carbocycles. The van der Waals surface area contributed by atoms with Gasteiger partial charge in [0, 0.05) is 14.3 Å². The highest BCUT2D eigenvalue weighted by molar-refractivity contribution is 14.1. The molecular weight excluding hydrogens is 463 g/mol. The molecule has 0 unspecified atom stereocenters. The second-order valence-electron chi connectivity index (χ2n) is 5.61. The third-order valence-electron chi connectivity index (χ3n) is 3.80. The first-order chi connectivity index (χ1) is 12.6. The van der Waals surface area contributed by atoms with Gasteiger partial charge in [0.05, 0.1) is 11.3 Å². The summed E-state index contributed by atoms with van der Waals surface area (Å²) in [7, 11) is 0. The van der Waals surface area contributed by atoms with Crippen molar-refractivity contribution < 1.29 is 4.79 Å². The van der Waals surface area contributed by atoms with Gasteiger partial charge in [-0.05, 0) is 71.1 Å². The lowest BCUT2D eigenvalue weighted by Gasteiger charge is -2.06. The molecule has 1 N–H and O–H groups in total. The number of rotatable bonds is 3. The Labute approximate surface area is 168 Å². The molecular formula is C19H12ClIN4O. The van der Waals surface area contributed by atoms with Crippen molar-refractivity contribution in [2.24, 2.45) is 0 Å². The Morgan fingerprint density at radius 1 is 0.962 bits per heavy atom. The number of aromatic nitrogens is 3. The van der Waals surface area contributed by atoms with Crippen LogP contribution in [0.25, 0.3) is 16.7 Å². The standard InChI is InChI=1S/C19H12ClIN4O/c20-12-4-3-5-14(10-12)25-23-17-9-8-13(11-18(17)24-25)22-19(26)15-6-1-2-7-16(15)21/h1-11H,(H,22,26). The number of benzene rings is 3. The van der Waals surface area contributed by atoms with Crippen molar-refractivity contribution in [2.45, 2.75) is 0 Å². The van der Waals surface area contributed by atoms with E-state index in [-0.39, 0.29) is 5.91 Å². The van der Waals surface area contributed by atoms with E-state index in [1.807, 2.05) is 42.5 Å². The molecule has 0 spiro atoms. The Kier molecular flexibility index (Phi) is 4.60. The van der Waals surface area contributed by atoms with Gasteiger partial charge in [-0.25, -0.2) is 0 Å². The van der Waals surface area contributed by atoms with E-state index in [0.29, 0.717) is 21.8 Å². The van der Waals surface area contributed by atoms with E-state index in [0.717, 1.165) is 14.8 Å². The zero-order valence-corrected chi connectivity index (χ0v) is 16.3. The van der Waals surface area contributed by atoms with Gasteiger partial charge in [-0.2, -0.15) is 4.80 Å². The molecule has 7 heteroatoms. The maximum atomic E-state index is 12.5. The topological polar surface area (TPSA) is 59.8 Å². The molecule has 0 aliphatic rings. The number of carbonyl (C=O) groups excluding carboxylic acids is 1. The number of carbonyl (C=O) groups is 1. The smallest absolute Gasteiger partial charge is 0.256 e. The number of hydrogen-bond acceptors (Lipinski definition) is 3. The van der Waals surface area contributed by atoms with Crippen molar-refractivity contribution in [3.8, 4) is 5.69 Å². The molecule has 0 fully saturated rings. The summed E-state index contributed by atoms with van der Waals surface area (Å²) < 4.78 is 0.899. The molecule has 1 amide bonds. The fourth-order valence-corrected chi connectivity index (χ4v) is 3.37. The molecule has 1 heterocycles. The van der Waals surface area contributed by atoms with Crippen molar-refractivity contribution in [1.82, 2.24) is 15.0 Å². The molecule has 4 rings (SSSR count). The molecule has 0 saturated carbocycles. The normalized spacial score (nSPS) is 10.8. The second-order valence-corrected chi connectivity index (χ2v) is 7.21. The molecule has 0 bridgehead atoms. The number of anilines is 1. The van der Waals surface area contributed by atoms with Crippen LogP contribution in [-0.2, 0) is 0 Å². The van der Waals surface area contributed by atoms with Crippen molar-refractivity contribution in [3.63, 3.8) is 0 Å². The average Bonchev–Trinajstić information content (AvgIpc) is 3.05. The van der Waals surface area contributed by atoms with Gasteiger partial charge in [0.2, 0.25) is 0 Å². The van der Waals surface area contributed by atoms with Crippen LogP contribution in [0.4, 0.5) is 5.69 Å². The molecule has 128 valence electrons. The molecule has 26 heavy (non-hydrogen) atoms. The van der Waals surface area contributed by atoms with Crippen LogP contribution >= 0.6 is 34.2 Å². The van der Waals surface area contributed by atoms with Gasteiger partial charge in [-0.3, -0.25) is 4.79 Å². The van der Waals surface area contributed by atoms with E-state index < -0.39 is 0 Å². The number of hydrogen-bond donors (Lipinski definition) is 1. The first kappa shape index (κ1) is 17.0. The third-order valence-corrected chi connectivity index (χ3v) is 4.97. The van der Waals surface area contributed by atoms with Crippen LogP contribution in [0.3, 0.4) is 0 Å². The molecule has 5 nitrogen and oxygen atoms in total. The molecule has 0 atom stereocenters. The van der Waals surface area contributed by atoms with E-state index >= 15 is 0 Å². The number of nitrogens with one attached hydrogen (secondary N) is 1. The van der Waals surface area contributed by atoms with Crippen LogP contribution in [0.2, 0.25) is 5.02 Å². The summed E-state index contributed by atoms with van der Waals surface area (Å²) in [5.74, 6) is -0.156. The Morgan fingerprint density at radius 2 is 1.77 bits per heavy atom. The summed E-state index contributed by atoms with van der Waals surface area (Å²) in [6.07, 6.45) is 0. The fourth-order valence-electron chi connectivity index (χ4n) is 2.55. The summed E-state index contributed by atoms with van der Waals surface area (Å²) in [6, 6.07) is 20.2. The SMILES string of the molecule is O=C(Nc1ccc2nn(-c3cccc(Cl)c3)nc2c1)c1ccccc1I. The van der Waals surface area contributed by atoms with Gasteiger partial charge in [0.25, 0.3) is 5.91 Å². The van der Waals surface area contributed by atoms with Gasteiger partial charge in [0.1, 0.15) is 11.0 Å². The van der Waals surface area contributed by atoms with Crippen LogP contribution in [-0.4, -0.2) is 20.9 Å². The molecule has 0 aliphatic heterocycles. The molecule has 1 aromatic heterocycles. The largest absolute Gasteiger partial charge is 0.322 e. The van der Waals surface area contributed by atoms with Crippen LogP contribution in [0.5, 0.6) is 0 Å². The average molecular weight is 475 g/mol. The van der Waals surface area contributed by atoms with Crippen molar-refractivity contribution in [2.75, 3.05) is 5.32 Å². The van der Waals surface area contributed by atoms with E-state index in [4.69, 9.17) is 11.6 Å². The summed E-state index contributed by atoms with van der Waals surface area (Å²) in [5, 5.41) is 12.5. The van der Waals surface area contributed by atoms with Crippen molar-refractivity contribution in [3.05, 3.63) is 80.9 Å². The summed E-state index contributed by atoms with van der Waals surface area (Å²) in [4.78, 5) is 14.0. The Bertz CT molecular complexity index is 1130. The Balaban J connectivity index is 1.64. The summed E-state index contributed by atoms with van der Waals surface area (Å²) >= 11 is 8.18. The highest BCUT2D eigenvalue weighted by Gasteiger charge is 2.11. The number of nitrogens with zero attached hydrogens (tertiary/aromatic N) is 3. The van der Waals surface area contributed by atoms with Gasteiger partial charge >= 0.3 is 0 Å². The van der Waals surface area contributed by atoms with Gasteiger partial charge in [0.15, 0.2) is 0 Å². The van der Waals surface area contributed by atoms with E-state index in [1.54, 1.807) is 24.3 Å². The monoisotopic (exact) mass is 474 g/mol. The van der Waals surface area contributed by atoms with Crippen LogP contribution in [0, 0.1) is 3.57 Å². The van der Waals surface area contributed by atoms with Gasteiger partial charge in [-0.15, -0.1) is 10.2 Å².